The van der Waals surface area contributed by atoms with E-state index in [2.05, 4.69) is 6.58 Å². The van der Waals surface area contributed by atoms with E-state index in [1.807, 2.05) is 34.6 Å². The third-order valence-electron chi connectivity index (χ3n) is 6.96. The summed E-state index contributed by atoms with van der Waals surface area (Å²) in [6.07, 6.45) is 2.02. The molecule has 8 heteroatoms. The highest BCUT2D eigenvalue weighted by molar-refractivity contribution is 5.98. The minimum absolute atomic E-state index is 0.118. The number of carbonyl (C=O) groups excluding carboxylic acids is 2. The molecule has 2 bridgehead atoms. The van der Waals surface area contributed by atoms with Crippen LogP contribution in [0.25, 0.3) is 0 Å². The number of carboxylic acid groups (broad SMARTS) is 1. The standard InChI is InChI=1S/C22H34N2O6/c1-7-10-23(21(4,5)6)19(27)17-22-9-8-14(30-22)15(20(28)29)16(22)18(26)24(17)13(11-25)12(2)3/h7,12-17,25H,1,8-11H2,2-6H3,(H,28,29)/t13-,14+,15-,16-,17+,22-/m0/s1. The maximum absolute atomic E-state index is 14.0. The van der Waals surface area contributed by atoms with E-state index in [9.17, 15) is 24.6 Å². The van der Waals surface area contributed by atoms with Crippen molar-refractivity contribution < 1.29 is 29.3 Å². The smallest absolute Gasteiger partial charge is 0.310 e. The molecule has 3 aliphatic rings. The van der Waals surface area contributed by atoms with Crippen LogP contribution in [0, 0.1) is 17.8 Å². The lowest BCUT2D eigenvalue weighted by Gasteiger charge is -2.44. The molecular formula is C22H34N2O6. The van der Waals surface area contributed by atoms with Crippen LogP contribution in [0.5, 0.6) is 0 Å². The van der Waals surface area contributed by atoms with Crippen molar-refractivity contribution in [2.45, 2.75) is 76.8 Å². The fourth-order valence-electron chi connectivity index (χ4n) is 5.60. The monoisotopic (exact) mass is 422 g/mol. The van der Waals surface area contributed by atoms with Gasteiger partial charge in [0.25, 0.3) is 0 Å². The number of hydrogen-bond acceptors (Lipinski definition) is 5. The van der Waals surface area contributed by atoms with Crippen molar-refractivity contribution in [3.63, 3.8) is 0 Å². The largest absolute Gasteiger partial charge is 0.481 e. The van der Waals surface area contributed by atoms with Gasteiger partial charge in [-0.25, -0.2) is 0 Å². The molecule has 0 saturated carbocycles. The Balaban J connectivity index is 2.15. The molecule has 0 radical (unpaired) electrons. The normalized spacial score (nSPS) is 33.7. The summed E-state index contributed by atoms with van der Waals surface area (Å²) in [5.41, 5.74) is -1.71. The molecule has 3 saturated heterocycles. The Hall–Kier alpha value is -1.93. The molecule has 3 aliphatic heterocycles. The SMILES string of the molecule is C=CCN(C(=O)[C@H]1N([C@@H](CO)C(C)C)C(=O)[C@@H]2[C@@H](C(=O)O)[C@H]3CC[C@]21O3)C(C)(C)C. The highest BCUT2D eigenvalue weighted by atomic mass is 16.5. The maximum atomic E-state index is 14.0. The average molecular weight is 423 g/mol. The van der Waals surface area contributed by atoms with Gasteiger partial charge in [-0.05, 0) is 39.5 Å². The van der Waals surface area contributed by atoms with E-state index in [4.69, 9.17) is 4.74 Å². The van der Waals surface area contributed by atoms with E-state index in [1.54, 1.807) is 11.0 Å². The second-order valence-electron chi connectivity index (χ2n) is 10.0. The van der Waals surface area contributed by atoms with Crippen LogP contribution in [0.4, 0.5) is 0 Å². The number of aliphatic hydroxyl groups is 1. The zero-order valence-electron chi connectivity index (χ0n) is 18.5. The Morgan fingerprint density at radius 3 is 2.50 bits per heavy atom. The number of amides is 2. The molecule has 3 heterocycles. The molecule has 30 heavy (non-hydrogen) atoms. The van der Waals surface area contributed by atoms with Crippen LogP contribution in [-0.2, 0) is 19.1 Å². The van der Waals surface area contributed by atoms with Crippen molar-refractivity contribution >= 4 is 17.8 Å². The van der Waals surface area contributed by atoms with Gasteiger partial charge in [0, 0.05) is 12.1 Å². The van der Waals surface area contributed by atoms with Crippen molar-refractivity contribution in [2.24, 2.45) is 17.8 Å². The number of hydrogen-bond donors (Lipinski definition) is 2. The number of ether oxygens (including phenoxy) is 1. The predicted octanol–water partition coefficient (Wildman–Crippen LogP) is 1.28. The molecule has 2 amide bonds. The van der Waals surface area contributed by atoms with Crippen LogP contribution in [0.3, 0.4) is 0 Å². The first kappa shape index (κ1) is 22.7. The van der Waals surface area contributed by atoms with Crippen LogP contribution >= 0.6 is 0 Å². The Morgan fingerprint density at radius 1 is 1.40 bits per heavy atom. The fourth-order valence-corrected chi connectivity index (χ4v) is 5.60. The Kier molecular flexibility index (Phi) is 5.79. The van der Waals surface area contributed by atoms with E-state index < -0.39 is 53.0 Å². The van der Waals surface area contributed by atoms with Crippen molar-refractivity contribution in [2.75, 3.05) is 13.2 Å². The minimum Gasteiger partial charge on any atom is -0.481 e. The Labute approximate surface area is 177 Å². The van der Waals surface area contributed by atoms with Gasteiger partial charge in [-0.15, -0.1) is 6.58 Å². The third-order valence-corrected chi connectivity index (χ3v) is 6.96. The zero-order chi connectivity index (χ0) is 22.6. The summed E-state index contributed by atoms with van der Waals surface area (Å²) < 4.78 is 6.21. The van der Waals surface area contributed by atoms with Crippen LogP contribution in [-0.4, -0.2) is 80.3 Å². The molecule has 6 atom stereocenters. The number of aliphatic carboxylic acids is 1. The van der Waals surface area contributed by atoms with Crippen molar-refractivity contribution in [3.8, 4) is 0 Å². The summed E-state index contributed by atoms with van der Waals surface area (Å²) in [4.78, 5) is 42.7. The predicted molar refractivity (Wildman–Crippen MR) is 109 cm³/mol. The van der Waals surface area contributed by atoms with E-state index in [0.717, 1.165) is 0 Å². The fraction of sp³-hybridized carbons (Fsp3) is 0.773. The molecule has 0 aliphatic carbocycles. The maximum Gasteiger partial charge on any atom is 0.310 e. The van der Waals surface area contributed by atoms with Gasteiger partial charge in [0.2, 0.25) is 11.8 Å². The van der Waals surface area contributed by atoms with E-state index in [-0.39, 0.29) is 18.4 Å². The average Bonchev–Trinajstić information content (AvgIpc) is 3.26. The van der Waals surface area contributed by atoms with Gasteiger partial charge in [-0.3, -0.25) is 14.4 Å². The number of nitrogens with zero attached hydrogens (tertiary/aromatic N) is 2. The van der Waals surface area contributed by atoms with Gasteiger partial charge in [0.15, 0.2) is 0 Å². The lowest BCUT2D eigenvalue weighted by atomic mass is 9.70. The third kappa shape index (κ3) is 3.15. The van der Waals surface area contributed by atoms with Gasteiger partial charge < -0.3 is 24.7 Å². The highest BCUT2D eigenvalue weighted by Gasteiger charge is 2.75. The van der Waals surface area contributed by atoms with Crippen LogP contribution in [0.15, 0.2) is 12.7 Å². The Morgan fingerprint density at radius 2 is 2.03 bits per heavy atom. The molecule has 8 nitrogen and oxygen atoms in total. The number of likely N-dealkylation sites (tertiary alicyclic amines) is 1. The van der Waals surface area contributed by atoms with E-state index in [1.165, 1.54) is 4.90 Å². The van der Waals surface area contributed by atoms with Gasteiger partial charge in [-0.1, -0.05) is 19.9 Å². The van der Waals surface area contributed by atoms with E-state index >= 15 is 0 Å². The molecule has 168 valence electrons. The molecule has 3 fully saturated rings. The molecule has 0 aromatic rings. The molecule has 2 N–H and O–H groups in total. The van der Waals surface area contributed by atoms with Crippen molar-refractivity contribution in [1.29, 1.82) is 0 Å². The summed E-state index contributed by atoms with van der Waals surface area (Å²) in [5.74, 6) is -3.77. The van der Waals surface area contributed by atoms with Gasteiger partial charge in [-0.2, -0.15) is 0 Å². The molecule has 1 spiro atoms. The van der Waals surface area contributed by atoms with Gasteiger partial charge >= 0.3 is 5.97 Å². The second-order valence-corrected chi connectivity index (χ2v) is 10.0. The lowest BCUT2D eigenvalue weighted by Crippen LogP contribution is -2.62. The van der Waals surface area contributed by atoms with Gasteiger partial charge in [0.1, 0.15) is 11.6 Å². The van der Waals surface area contributed by atoms with Crippen molar-refractivity contribution in [3.05, 3.63) is 12.7 Å². The van der Waals surface area contributed by atoms with Crippen LogP contribution in [0.1, 0.15) is 47.5 Å². The minimum atomic E-state index is -1.17. The number of fused-ring (bicyclic) bond motifs is 1. The molecule has 0 unspecified atom stereocenters. The summed E-state index contributed by atoms with van der Waals surface area (Å²) >= 11 is 0. The summed E-state index contributed by atoms with van der Waals surface area (Å²) in [7, 11) is 0. The number of carboxylic acids is 1. The lowest BCUT2D eigenvalue weighted by molar-refractivity contribution is -0.156. The topological polar surface area (TPSA) is 107 Å². The number of rotatable bonds is 7. The highest BCUT2D eigenvalue weighted by Crippen LogP contribution is 2.59. The number of carbonyl (C=O) groups is 3. The van der Waals surface area contributed by atoms with Crippen LogP contribution < -0.4 is 0 Å². The van der Waals surface area contributed by atoms with Crippen LogP contribution in [0.2, 0.25) is 0 Å². The zero-order valence-corrected chi connectivity index (χ0v) is 18.5. The summed E-state index contributed by atoms with van der Waals surface area (Å²) in [5, 5.41) is 19.9. The number of aliphatic hydroxyl groups excluding tert-OH is 1. The van der Waals surface area contributed by atoms with Crippen molar-refractivity contribution in [1.82, 2.24) is 9.80 Å². The quantitative estimate of drug-likeness (QED) is 0.599. The summed E-state index contributed by atoms with van der Waals surface area (Å²) in [6.45, 7) is 13.2. The summed E-state index contributed by atoms with van der Waals surface area (Å²) in [6, 6.07) is -1.57. The molecule has 0 aromatic heterocycles. The molecule has 3 rings (SSSR count). The second kappa shape index (κ2) is 7.64. The first-order valence-corrected chi connectivity index (χ1v) is 10.7. The first-order chi connectivity index (χ1) is 13.9. The molecule has 0 aromatic carbocycles. The molecular weight excluding hydrogens is 388 g/mol. The van der Waals surface area contributed by atoms with E-state index in [0.29, 0.717) is 19.4 Å². The van der Waals surface area contributed by atoms with Gasteiger partial charge in [0.05, 0.1) is 30.6 Å². The first-order valence-electron chi connectivity index (χ1n) is 10.7. The Bertz CT molecular complexity index is 744.